The molecule has 2 aliphatic rings. The number of rotatable bonds is 4. The summed E-state index contributed by atoms with van der Waals surface area (Å²) in [5.41, 5.74) is 1.04. The van der Waals surface area contributed by atoms with Crippen molar-refractivity contribution in [2.45, 2.75) is 13.0 Å². The van der Waals surface area contributed by atoms with Gasteiger partial charge in [0.05, 0.1) is 31.2 Å². The second-order valence-electron chi connectivity index (χ2n) is 5.26. The smallest absolute Gasteiger partial charge is 0.335 e. The summed E-state index contributed by atoms with van der Waals surface area (Å²) >= 11 is 1.31. The summed E-state index contributed by atoms with van der Waals surface area (Å²) < 4.78 is 10.6. The van der Waals surface area contributed by atoms with Gasteiger partial charge >= 0.3 is 5.97 Å². The first-order valence-corrected chi connectivity index (χ1v) is 8.16. The summed E-state index contributed by atoms with van der Waals surface area (Å²) in [6.45, 7) is 1.64. The molecule has 1 fully saturated rings. The largest absolute Gasteiger partial charge is 0.497 e. The topological polar surface area (TPSA) is 88.4 Å². The highest BCUT2D eigenvalue weighted by molar-refractivity contribution is 8.15. The maximum Gasteiger partial charge on any atom is 0.335 e. The van der Waals surface area contributed by atoms with Crippen LogP contribution in [0.15, 0.2) is 34.5 Å². The zero-order chi connectivity index (χ0) is 17.4. The Balaban J connectivity index is 2.21. The number of carboxylic acid groups (broad SMARTS) is 1. The van der Waals surface area contributed by atoms with Crippen LogP contribution in [0.2, 0.25) is 0 Å². The van der Waals surface area contributed by atoms with Crippen molar-refractivity contribution in [3.05, 3.63) is 35.0 Å². The number of hydrogen-bond acceptors (Lipinski definition) is 6. The molecule has 0 bridgehead atoms. The second kappa shape index (κ2) is 6.20. The Morgan fingerprint density at radius 2 is 2.12 bits per heavy atom. The van der Waals surface area contributed by atoms with Crippen molar-refractivity contribution >= 4 is 28.8 Å². The van der Waals surface area contributed by atoms with E-state index in [0.29, 0.717) is 27.9 Å². The van der Waals surface area contributed by atoms with E-state index in [1.807, 2.05) is 0 Å². The number of benzene rings is 1. The number of methoxy groups -OCH3 is 2. The first-order chi connectivity index (χ1) is 11.5. The number of carbonyl (C=O) groups is 2. The van der Waals surface area contributed by atoms with E-state index >= 15 is 0 Å². The van der Waals surface area contributed by atoms with E-state index in [4.69, 9.17) is 9.47 Å². The molecule has 1 N–H and O–H groups in total. The molecule has 24 heavy (non-hydrogen) atoms. The number of amides is 1. The number of amidine groups is 1. The number of ether oxygens (including phenoxy) is 2. The van der Waals surface area contributed by atoms with Gasteiger partial charge in [0.15, 0.2) is 5.17 Å². The molecule has 0 spiro atoms. The van der Waals surface area contributed by atoms with Gasteiger partial charge in [-0.15, -0.1) is 0 Å². The van der Waals surface area contributed by atoms with Gasteiger partial charge in [0, 0.05) is 11.6 Å². The van der Waals surface area contributed by atoms with Crippen LogP contribution in [-0.4, -0.2) is 47.0 Å². The molecule has 1 saturated heterocycles. The number of carbonyl (C=O) groups excluding carboxylic acids is 1. The Morgan fingerprint density at radius 3 is 2.75 bits per heavy atom. The number of nitrogens with zero attached hydrogens (tertiary/aromatic N) is 2. The van der Waals surface area contributed by atoms with E-state index in [9.17, 15) is 14.7 Å². The SMILES string of the molecule is COc1ccc(C2C(C(=O)O)=C(C)N=C3SCC(=O)N32)c(OC)c1. The number of fused-ring (bicyclic) bond motifs is 1. The van der Waals surface area contributed by atoms with Gasteiger partial charge in [0.1, 0.15) is 17.5 Å². The van der Waals surface area contributed by atoms with Crippen molar-refractivity contribution in [3.63, 3.8) is 0 Å². The first-order valence-electron chi connectivity index (χ1n) is 7.17. The van der Waals surface area contributed by atoms with E-state index < -0.39 is 12.0 Å². The summed E-state index contributed by atoms with van der Waals surface area (Å²) in [6, 6.07) is 4.32. The van der Waals surface area contributed by atoms with Crippen LogP contribution in [0.5, 0.6) is 11.5 Å². The van der Waals surface area contributed by atoms with Gasteiger partial charge in [-0.25, -0.2) is 9.79 Å². The minimum absolute atomic E-state index is 0.0677. The maximum absolute atomic E-state index is 12.3. The van der Waals surface area contributed by atoms with Crippen LogP contribution in [0.1, 0.15) is 18.5 Å². The molecule has 1 aromatic carbocycles. The zero-order valence-corrected chi connectivity index (χ0v) is 14.2. The maximum atomic E-state index is 12.3. The highest BCUT2D eigenvalue weighted by atomic mass is 32.2. The molecule has 0 saturated carbocycles. The monoisotopic (exact) mass is 348 g/mol. The first kappa shape index (κ1) is 16.4. The lowest BCUT2D eigenvalue weighted by molar-refractivity contribution is -0.134. The van der Waals surface area contributed by atoms with E-state index in [1.165, 1.54) is 30.9 Å². The van der Waals surface area contributed by atoms with Gasteiger partial charge in [-0.05, 0) is 19.1 Å². The number of carboxylic acids is 1. The Morgan fingerprint density at radius 1 is 1.38 bits per heavy atom. The molecule has 2 heterocycles. The zero-order valence-electron chi connectivity index (χ0n) is 13.4. The number of hydrogen-bond donors (Lipinski definition) is 1. The van der Waals surface area contributed by atoms with E-state index in [2.05, 4.69) is 4.99 Å². The van der Waals surface area contributed by atoms with Gasteiger partial charge < -0.3 is 14.6 Å². The van der Waals surface area contributed by atoms with Gasteiger partial charge in [-0.3, -0.25) is 9.69 Å². The Labute approximate surface area is 143 Å². The molecule has 1 atom stereocenters. The van der Waals surface area contributed by atoms with Gasteiger partial charge in [-0.1, -0.05) is 11.8 Å². The van der Waals surface area contributed by atoms with E-state index in [1.54, 1.807) is 25.1 Å². The summed E-state index contributed by atoms with van der Waals surface area (Å²) in [4.78, 5) is 29.9. The highest BCUT2D eigenvalue weighted by Gasteiger charge is 2.43. The normalized spacial score (nSPS) is 20.0. The predicted octanol–water partition coefficient (Wildman–Crippen LogP) is 2.05. The van der Waals surface area contributed by atoms with Crippen LogP contribution >= 0.6 is 11.8 Å². The number of aliphatic imine (C=N–C) groups is 1. The van der Waals surface area contributed by atoms with Crippen molar-refractivity contribution in [2.24, 2.45) is 4.99 Å². The van der Waals surface area contributed by atoms with Gasteiger partial charge in [0.2, 0.25) is 5.91 Å². The van der Waals surface area contributed by atoms with Crippen LogP contribution in [0.3, 0.4) is 0 Å². The number of thioether (sulfide) groups is 1. The molecule has 1 unspecified atom stereocenters. The Hall–Kier alpha value is -2.48. The van der Waals surface area contributed by atoms with Gasteiger partial charge in [0.25, 0.3) is 0 Å². The van der Waals surface area contributed by atoms with Crippen molar-refractivity contribution < 1.29 is 24.2 Å². The van der Waals surface area contributed by atoms with Crippen LogP contribution in [-0.2, 0) is 9.59 Å². The Bertz CT molecular complexity index is 787. The van der Waals surface area contributed by atoms with Crippen LogP contribution in [0.25, 0.3) is 0 Å². The lowest BCUT2D eigenvalue weighted by atomic mass is 9.93. The molecular formula is C16H16N2O5S. The lowest BCUT2D eigenvalue weighted by Crippen LogP contribution is -2.39. The molecule has 7 nitrogen and oxygen atoms in total. The average molecular weight is 348 g/mol. The predicted molar refractivity (Wildman–Crippen MR) is 89.4 cm³/mol. The molecular weight excluding hydrogens is 332 g/mol. The molecule has 1 aromatic rings. The molecule has 8 heteroatoms. The van der Waals surface area contributed by atoms with Crippen LogP contribution in [0, 0.1) is 0 Å². The second-order valence-corrected chi connectivity index (χ2v) is 6.20. The highest BCUT2D eigenvalue weighted by Crippen LogP contribution is 2.44. The summed E-state index contributed by atoms with van der Waals surface area (Å²) in [5, 5.41) is 10.2. The van der Waals surface area contributed by atoms with Crippen molar-refractivity contribution in [1.82, 2.24) is 4.90 Å². The molecule has 126 valence electrons. The molecule has 1 amide bonds. The quantitative estimate of drug-likeness (QED) is 0.896. The number of allylic oxidation sites excluding steroid dienone is 1. The van der Waals surface area contributed by atoms with Crippen molar-refractivity contribution in [2.75, 3.05) is 20.0 Å². The number of aliphatic carboxylic acids is 1. The molecule has 0 aromatic heterocycles. The fraction of sp³-hybridized carbons (Fsp3) is 0.312. The lowest BCUT2D eigenvalue weighted by Gasteiger charge is -2.33. The third-order valence-electron chi connectivity index (χ3n) is 3.95. The van der Waals surface area contributed by atoms with Gasteiger partial charge in [-0.2, -0.15) is 0 Å². The van der Waals surface area contributed by atoms with Crippen LogP contribution < -0.4 is 9.47 Å². The fourth-order valence-electron chi connectivity index (χ4n) is 2.85. The average Bonchev–Trinajstić information content (AvgIpc) is 2.93. The molecule has 2 aliphatic heterocycles. The minimum atomic E-state index is -1.11. The molecule has 0 radical (unpaired) electrons. The summed E-state index contributed by atoms with van der Waals surface area (Å²) in [6.07, 6.45) is 0. The third-order valence-corrected chi connectivity index (χ3v) is 4.89. The van der Waals surface area contributed by atoms with E-state index in [-0.39, 0.29) is 17.2 Å². The molecule has 0 aliphatic carbocycles. The summed E-state index contributed by atoms with van der Waals surface area (Å²) in [5.74, 6) is 0.00106. The van der Waals surface area contributed by atoms with Crippen molar-refractivity contribution in [3.8, 4) is 11.5 Å². The fourth-order valence-corrected chi connectivity index (χ4v) is 3.79. The Kier molecular flexibility index (Phi) is 4.23. The van der Waals surface area contributed by atoms with Crippen LogP contribution in [0.4, 0.5) is 0 Å². The summed E-state index contributed by atoms with van der Waals surface area (Å²) in [7, 11) is 3.03. The minimum Gasteiger partial charge on any atom is -0.497 e. The third kappa shape index (κ3) is 2.52. The molecule has 3 rings (SSSR count). The van der Waals surface area contributed by atoms with E-state index in [0.717, 1.165) is 0 Å². The standard InChI is InChI=1S/C16H16N2O5S/c1-8-13(15(20)21)14(18-12(19)7-24-16(18)17-8)10-5-4-9(22-2)6-11(10)23-3/h4-6,14H,7H2,1-3H3,(H,20,21). The van der Waals surface area contributed by atoms with Crippen molar-refractivity contribution in [1.29, 1.82) is 0 Å².